The molecule has 2 aliphatic heterocycles. The molecule has 0 aliphatic carbocycles. The Morgan fingerprint density at radius 1 is 1.12 bits per heavy atom. The van der Waals surface area contributed by atoms with Crippen molar-refractivity contribution in [1.29, 1.82) is 0 Å². The molecule has 136 valence electrons. The summed E-state index contributed by atoms with van der Waals surface area (Å²) in [6, 6.07) is 8.19. The number of amides is 2. The molecule has 0 atom stereocenters. The van der Waals surface area contributed by atoms with Crippen LogP contribution >= 0.6 is 0 Å². The Morgan fingerprint density at radius 3 is 2.85 bits per heavy atom. The molecular formula is C20H21FN2O3. The minimum absolute atomic E-state index is 0.158. The van der Waals surface area contributed by atoms with E-state index in [2.05, 4.69) is 16.7 Å². The van der Waals surface area contributed by atoms with Gasteiger partial charge in [-0.3, -0.25) is 0 Å². The van der Waals surface area contributed by atoms with Gasteiger partial charge in [0.1, 0.15) is 17.3 Å². The van der Waals surface area contributed by atoms with Crippen LogP contribution in [0.4, 0.5) is 9.18 Å². The minimum atomic E-state index is -0.319. The molecule has 0 aromatic heterocycles. The van der Waals surface area contributed by atoms with Crippen molar-refractivity contribution in [2.75, 3.05) is 19.8 Å². The van der Waals surface area contributed by atoms with Gasteiger partial charge in [-0.25, -0.2) is 9.18 Å². The Balaban J connectivity index is 1.34. The van der Waals surface area contributed by atoms with Gasteiger partial charge in [0.25, 0.3) is 0 Å². The van der Waals surface area contributed by atoms with Crippen molar-refractivity contribution in [2.45, 2.75) is 25.8 Å². The van der Waals surface area contributed by atoms with Gasteiger partial charge in [0.15, 0.2) is 0 Å². The summed E-state index contributed by atoms with van der Waals surface area (Å²) in [6.45, 7) is 2.03. The van der Waals surface area contributed by atoms with Crippen LogP contribution in [0.15, 0.2) is 30.3 Å². The van der Waals surface area contributed by atoms with Crippen LogP contribution in [-0.2, 0) is 25.8 Å². The fourth-order valence-corrected chi connectivity index (χ4v) is 3.53. The molecule has 26 heavy (non-hydrogen) atoms. The molecule has 2 amide bonds. The van der Waals surface area contributed by atoms with Crippen molar-refractivity contribution < 1.29 is 18.7 Å². The van der Waals surface area contributed by atoms with Gasteiger partial charge < -0.3 is 20.1 Å². The summed E-state index contributed by atoms with van der Waals surface area (Å²) in [5, 5.41) is 5.52. The normalized spacial score (nSPS) is 14.2. The summed E-state index contributed by atoms with van der Waals surface area (Å²) in [4.78, 5) is 12.0. The Hall–Kier alpha value is -2.76. The Bertz CT molecular complexity index is 806. The number of halogens is 1. The fraction of sp³-hybridized carbons (Fsp3) is 0.350. The average molecular weight is 356 g/mol. The zero-order valence-electron chi connectivity index (χ0n) is 14.4. The number of rotatable bonds is 5. The number of hydrogen-bond donors (Lipinski definition) is 2. The number of ether oxygens (including phenoxy) is 2. The van der Waals surface area contributed by atoms with E-state index >= 15 is 0 Å². The molecule has 2 aromatic rings. The zero-order valence-corrected chi connectivity index (χ0v) is 14.4. The number of urea groups is 1. The molecule has 4 rings (SSSR count). The number of carbonyl (C=O) groups excluding carboxylic acids is 1. The molecule has 0 saturated carbocycles. The van der Waals surface area contributed by atoms with E-state index in [1.807, 2.05) is 0 Å². The highest BCUT2D eigenvalue weighted by Gasteiger charge is 2.26. The third-order valence-corrected chi connectivity index (χ3v) is 4.82. The predicted molar refractivity (Wildman–Crippen MR) is 95.2 cm³/mol. The number of fused-ring (bicyclic) bond motifs is 2. The summed E-state index contributed by atoms with van der Waals surface area (Å²) in [5.41, 5.74) is 3.98. The topological polar surface area (TPSA) is 59.6 Å². The molecule has 2 aliphatic rings. The van der Waals surface area contributed by atoms with Gasteiger partial charge in [0.2, 0.25) is 0 Å². The van der Waals surface area contributed by atoms with Crippen molar-refractivity contribution >= 4 is 6.03 Å². The maximum atomic E-state index is 13.6. The molecule has 0 bridgehead atoms. The Morgan fingerprint density at radius 2 is 1.96 bits per heavy atom. The Kier molecular flexibility index (Phi) is 4.65. The lowest BCUT2D eigenvalue weighted by Crippen LogP contribution is -2.36. The number of nitrogens with one attached hydrogen (secondary N) is 2. The molecule has 0 saturated heterocycles. The van der Waals surface area contributed by atoms with Crippen molar-refractivity contribution in [1.82, 2.24) is 10.6 Å². The third-order valence-electron chi connectivity index (χ3n) is 4.82. The van der Waals surface area contributed by atoms with Crippen LogP contribution in [0.2, 0.25) is 0 Å². The average Bonchev–Trinajstić information content (AvgIpc) is 3.29. The predicted octanol–water partition coefficient (Wildman–Crippen LogP) is 2.74. The summed E-state index contributed by atoms with van der Waals surface area (Å²) in [7, 11) is 0. The second-order valence-electron chi connectivity index (χ2n) is 6.47. The highest BCUT2D eigenvalue weighted by atomic mass is 19.1. The van der Waals surface area contributed by atoms with Crippen molar-refractivity contribution in [3.8, 4) is 11.5 Å². The summed E-state index contributed by atoms with van der Waals surface area (Å²) < 4.78 is 25.1. The van der Waals surface area contributed by atoms with Crippen molar-refractivity contribution in [3.05, 3.63) is 58.4 Å². The van der Waals surface area contributed by atoms with Gasteiger partial charge in [-0.1, -0.05) is 18.2 Å². The summed E-state index contributed by atoms with van der Waals surface area (Å²) >= 11 is 0. The standard InChI is InChI=1S/C20H21FN2O3/c21-17-4-2-1-3-14(17)12-23-20(24)22-8-5-16-15-7-10-25-18(15)11-13-6-9-26-19(13)16/h1-4,11H,5-10,12H2,(H2,22,23,24). The Labute approximate surface area is 151 Å². The molecule has 0 radical (unpaired) electrons. The van der Waals surface area contributed by atoms with E-state index < -0.39 is 0 Å². The third kappa shape index (κ3) is 3.31. The first-order valence-electron chi connectivity index (χ1n) is 8.90. The minimum Gasteiger partial charge on any atom is -0.493 e. The summed E-state index contributed by atoms with van der Waals surface area (Å²) in [5.74, 6) is 1.59. The van der Waals surface area contributed by atoms with Crippen LogP contribution in [-0.4, -0.2) is 25.8 Å². The molecule has 2 N–H and O–H groups in total. The quantitative estimate of drug-likeness (QED) is 0.866. The second kappa shape index (κ2) is 7.23. The molecule has 2 heterocycles. The zero-order chi connectivity index (χ0) is 17.9. The van der Waals surface area contributed by atoms with Crippen LogP contribution in [0.5, 0.6) is 11.5 Å². The van der Waals surface area contributed by atoms with E-state index in [0.29, 0.717) is 31.7 Å². The van der Waals surface area contributed by atoms with E-state index in [-0.39, 0.29) is 18.4 Å². The lowest BCUT2D eigenvalue weighted by atomic mass is 9.97. The van der Waals surface area contributed by atoms with Crippen LogP contribution in [0.3, 0.4) is 0 Å². The smallest absolute Gasteiger partial charge is 0.315 e. The molecular weight excluding hydrogens is 335 g/mol. The van der Waals surface area contributed by atoms with Crippen LogP contribution in [0, 0.1) is 5.82 Å². The van der Waals surface area contributed by atoms with Gasteiger partial charge >= 0.3 is 6.03 Å². The number of carbonyl (C=O) groups is 1. The van der Waals surface area contributed by atoms with E-state index in [1.165, 1.54) is 17.2 Å². The van der Waals surface area contributed by atoms with Crippen LogP contribution < -0.4 is 20.1 Å². The molecule has 0 fully saturated rings. The maximum absolute atomic E-state index is 13.6. The van der Waals surface area contributed by atoms with Gasteiger partial charge in [-0.2, -0.15) is 0 Å². The van der Waals surface area contributed by atoms with Crippen LogP contribution in [0.1, 0.15) is 22.3 Å². The van der Waals surface area contributed by atoms with E-state index in [9.17, 15) is 9.18 Å². The first-order valence-corrected chi connectivity index (χ1v) is 8.90. The van der Waals surface area contributed by atoms with Crippen molar-refractivity contribution in [3.63, 3.8) is 0 Å². The second-order valence-corrected chi connectivity index (χ2v) is 6.47. The lowest BCUT2D eigenvalue weighted by molar-refractivity contribution is 0.240. The van der Waals surface area contributed by atoms with Gasteiger partial charge in [-0.15, -0.1) is 0 Å². The maximum Gasteiger partial charge on any atom is 0.315 e. The van der Waals surface area contributed by atoms with E-state index in [1.54, 1.807) is 18.2 Å². The fourth-order valence-electron chi connectivity index (χ4n) is 3.53. The van der Waals surface area contributed by atoms with E-state index in [0.717, 1.165) is 29.9 Å². The van der Waals surface area contributed by atoms with E-state index in [4.69, 9.17) is 9.47 Å². The number of hydrogen-bond acceptors (Lipinski definition) is 3. The van der Waals surface area contributed by atoms with Crippen LogP contribution in [0.25, 0.3) is 0 Å². The lowest BCUT2D eigenvalue weighted by Gasteiger charge is -2.14. The molecule has 0 unspecified atom stereocenters. The molecule has 0 spiro atoms. The summed E-state index contributed by atoms with van der Waals surface area (Å²) in [6.07, 6.45) is 2.46. The molecule has 2 aromatic carbocycles. The number of benzene rings is 2. The first kappa shape index (κ1) is 16.7. The van der Waals surface area contributed by atoms with Gasteiger partial charge in [0.05, 0.1) is 13.2 Å². The molecule has 5 nitrogen and oxygen atoms in total. The molecule has 6 heteroatoms. The highest BCUT2D eigenvalue weighted by molar-refractivity contribution is 5.73. The highest BCUT2D eigenvalue weighted by Crippen LogP contribution is 2.40. The van der Waals surface area contributed by atoms with Gasteiger partial charge in [0, 0.05) is 48.2 Å². The first-order chi connectivity index (χ1) is 12.7. The van der Waals surface area contributed by atoms with Gasteiger partial charge in [-0.05, 0) is 18.6 Å². The SMILES string of the molecule is O=C(NCCc1c2c(cc3c1OCC3)OCC2)NCc1ccccc1F. The monoisotopic (exact) mass is 356 g/mol. The van der Waals surface area contributed by atoms with Crippen molar-refractivity contribution in [2.24, 2.45) is 0 Å². The largest absolute Gasteiger partial charge is 0.493 e.